The summed E-state index contributed by atoms with van der Waals surface area (Å²) in [5, 5.41) is 3.49. The van der Waals surface area contributed by atoms with Crippen molar-refractivity contribution in [2.24, 2.45) is 0 Å². The Morgan fingerprint density at radius 2 is 1.43 bits per heavy atom. The Hall–Kier alpha value is -3.27. The molecule has 4 aromatic carbocycles. The molecule has 1 unspecified atom stereocenters. The first kappa shape index (κ1) is 33.6. The molecule has 4 rings (SSSR count). The minimum atomic E-state index is -4.32. The van der Waals surface area contributed by atoms with Crippen LogP contribution in [-0.4, -0.2) is 44.3 Å². The minimum Gasteiger partial charge on any atom is -0.355 e. The Labute approximate surface area is 277 Å². The van der Waals surface area contributed by atoms with Gasteiger partial charge in [0.05, 0.1) is 30.7 Å². The summed E-state index contributed by atoms with van der Waals surface area (Å²) in [4.78, 5) is 29.3. The molecule has 2 amide bonds. The molecule has 0 saturated heterocycles. The van der Waals surface area contributed by atoms with Crippen LogP contribution in [0.2, 0.25) is 20.1 Å². The Kier molecular flexibility index (Phi) is 11.6. The number of hydrogen-bond acceptors (Lipinski definition) is 4. The van der Waals surface area contributed by atoms with Gasteiger partial charge in [0, 0.05) is 19.5 Å². The van der Waals surface area contributed by atoms with E-state index in [-0.39, 0.29) is 38.6 Å². The molecule has 0 aliphatic heterocycles. The monoisotopic (exact) mass is 691 g/mol. The van der Waals surface area contributed by atoms with Crippen LogP contribution in [-0.2, 0) is 32.6 Å². The van der Waals surface area contributed by atoms with Crippen LogP contribution in [0.3, 0.4) is 0 Å². The summed E-state index contributed by atoms with van der Waals surface area (Å²) in [6, 6.07) is 25.3. The van der Waals surface area contributed by atoms with E-state index in [1.54, 1.807) is 49.4 Å². The lowest BCUT2D eigenvalue weighted by molar-refractivity contribution is -0.140. The molecule has 0 radical (unpaired) electrons. The fourth-order valence-electron chi connectivity index (χ4n) is 4.60. The second-order valence-corrected chi connectivity index (χ2v) is 13.2. The van der Waals surface area contributed by atoms with Gasteiger partial charge in [0.15, 0.2) is 0 Å². The van der Waals surface area contributed by atoms with Crippen molar-refractivity contribution in [2.45, 2.75) is 30.8 Å². The summed E-state index contributed by atoms with van der Waals surface area (Å²) in [5.41, 5.74) is 1.42. The number of nitrogens with zero attached hydrogens (tertiary/aromatic N) is 2. The van der Waals surface area contributed by atoms with Crippen molar-refractivity contribution in [3.63, 3.8) is 0 Å². The standard InChI is InChI=1S/C32H29Cl4N3O4S/c1-2-37-32(41)29(19-22-10-5-3-6-11-22)38(20-23-16-17-25(33)27(35)18-23)30(40)21-39(28-15-9-14-26(34)31(28)36)44(42,43)24-12-7-4-8-13-24/h3-18,29H,2,19-21H2,1H3,(H,37,41). The van der Waals surface area contributed by atoms with Crippen molar-refractivity contribution < 1.29 is 18.0 Å². The summed E-state index contributed by atoms with van der Waals surface area (Å²) in [7, 11) is -4.32. The Morgan fingerprint density at radius 1 is 0.773 bits per heavy atom. The van der Waals surface area contributed by atoms with Crippen LogP contribution in [0.1, 0.15) is 18.1 Å². The van der Waals surface area contributed by atoms with E-state index < -0.39 is 34.4 Å². The second kappa shape index (κ2) is 15.1. The van der Waals surface area contributed by atoms with Gasteiger partial charge in [-0.2, -0.15) is 0 Å². The number of halogens is 4. The van der Waals surface area contributed by atoms with E-state index in [0.29, 0.717) is 17.1 Å². The van der Waals surface area contributed by atoms with Crippen molar-refractivity contribution in [1.29, 1.82) is 0 Å². The van der Waals surface area contributed by atoms with E-state index in [4.69, 9.17) is 46.4 Å². The van der Waals surface area contributed by atoms with Gasteiger partial charge in [-0.15, -0.1) is 0 Å². The number of hydrogen-bond donors (Lipinski definition) is 1. The van der Waals surface area contributed by atoms with Crippen LogP contribution >= 0.6 is 46.4 Å². The maximum Gasteiger partial charge on any atom is 0.264 e. The topological polar surface area (TPSA) is 86.8 Å². The van der Waals surface area contributed by atoms with E-state index in [2.05, 4.69) is 5.32 Å². The van der Waals surface area contributed by atoms with Gasteiger partial charge >= 0.3 is 0 Å². The molecule has 0 aliphatic carbocycles. The van der Waals surface area contributed by atoms with Crippen molar-refractivity contribution in [3.8, 4) is 0 Å². The number of carbonyl (C=O) groups excluding carboxylic acids is 2. The number of amides is 2. The largest absolute Gasteiger partial charge is 0.355 e. The van der Waals surface area contributed by atoms with Crippen molar-refractivity contribution in [1.82, 2.24) is 10.2 Å². The van der Waals surface area contributed by atoms with E-state index in [0.717, 1.165) is 9.87 Å². The van der Waals surface area contributed by atoms with Gasteiger partial charge in [0.25, 0.3) is 10.0 Å². The molecule has 0 aromatic heterocycles. The fourth-order valence-corrected chi connectivity index (χ4v) is 6.81. The molecule has 44 heavy (non-hydrogen) atoms. The van der Waals surface area contributed by atoms with Crippen molar-refractivity contribution in [2.75, 3.05) is 17.4 Å². The normalized spacial score (nSPS) is 11.9. The van der Waals surface area contributed by atoms with Crippen molar-refractivity contribution >= 4 is 73.9 Å². The smallest absolute Gasteiger partial charge is 0.264 e. The summed E-state index contributed by atoms with van der Waals surface area (Å²) >= 11 is 25.2. The number of likely N-dealkylation sites (N-methyl/N-ethyl adjacent to an activating group) is 1. The molecule has 0 saturated carbocycles. The van der Waals surface area contributed by atoms with Crippen LogP contribution in [0, 0.1) is 0 Å². The Bertz CT molecular complexity index is 1720. The van der Waals surface area contributed by atoms with Crippen LogP contribution in [0.4, 0.5) is 5.69 Å². The average molecular weight is 693 g/mol. The molecule has 1 N–H and O–H groups in total. The fraction of sp³-hybridized carbons (Fsp3) is 0.188. The third-order valence-corrected chi connectivity index (χ3v) is 10.1. The van der Waals surface area contributed by atoms with Gasteiger partial charge in [-0.25, -0.2) is 8.42 Å². The summed E-state index contributed by atoms with van der Waals surface area (Å²) in [6.45, 7) is 1.36. The highest BCUT2D eigenvalue weighted by molar-refractivity contribution is 7.92. The highest BCUT2D eigenvalue weighted by Crippen LogP contribution is 2.35. The summed E-state index contributed by atoms with van der Waals surface area (Å²) in [6.07, 6.45) is 0.170. The van der Waals surface area contributed by atoms with Gasteiger partial charge < -0.3 is 10.2 Å². The molecule has 0 bridgehead atoms. The Balaban J connectivity index is 1.83. The zero-order valence-corrected chi connectivity index (χ0v) is 27.4. The van der Waals surface area contributed by atoms with Gasteiger partial charge in [-0.05, 0) is 54.4 Å². The zero-order chi connectivity index (χ0) is 31.9. The van der Waals surface area contributed by atoms with E-state index in [9.17, 15) is 18.0 Å². The number of benzene rings is 4. The second-order valence-electron chi connectivity index (χ2n) is 9.77. The number of rotatable bonds is 12. The van der Waals surface area contributed by atoms with Gasteiger partial charge in [-0.3, -0.25) is 13.9 Å². The minimum absolute atomic E-state index is 0.0171. The Morgan fingerprint density at radius 3 is 2.07 bits per heavy atom. The first-order valence-electron chi connectivity index (χ1n) is 13.6. The molecule has 230 valence electrons. The zero-order valence-electron chi connectivity index (χ0n) is 23.6. The lowest BCUT2D eigenvalue weighted by Crippen LogP contribution is -2.53. The van der Waals surface area contributed by atoms with Crippen LogP contribution in [0.15, 0.2) is 102 Å². The number of sulfonamides is 1. The molecule has 12 heteroatoms. The first-order valence-corrected chi connectivity index (χ1v) is 16.5. The van der Waals surface area contributed by atoms with Crippen LogP contribution in [0.5, 0.6) is 0 Å². The van der Waals surface area contributed by atoms with Crippen LogP contribution < -0.4 is 9.62 Å². The maximum atomic E-state index is 14.4. The molecular formula is C32H29Cl4N3O4S. The molecule has 0 spiro atoms. The summed E-state index contributed by atoms with van der Waals surface area (Å²) < 4.78 is 29.0. The molecule has 0 aliphatic rings. The maximum absolute atomic E-state index is 14.4. The third-order valence-electron chi connectivity index (χ3n) is 6.77. The lowest BCUT2D eigenvalue weighted by Gasteiger charge is -2.34. The molecule has 0 fully saturated rings. The van der Waals surface area contributed by atoms with E-state index >= 15 is 0 Å². The lowest BCUT2D eigenvalue weighted by atomic mass is 10.0. The van der Waals surface area contributed by atoms with Gasteiger partial charge in [0.1, 0.15) is 12.6 Å². The molecule has 4 aromatic rings. The van der Waals surface area contributed by atoms with Crippen molar-refractivity contribution in [3.05, 3.63) is 128 Å². The molecule has 0 heterocycles. The average Bonchev–Trinajstić information content (AvgIpc) is 3.02. The van der Waals surface area contributed by atoms with Gasteiger partial charge in [0.2, 0.25) is 11.8 Å². The molecule has 7 nitrogen and oxygen atoms in total. The predicted molar refractivity (Wildman–Crippen MR) is 177 cm³/mol. The number of anilines is 1. The number of nitrogens with one attached hydrogen (secondary N) is 1. The highest BCUT2D eigenvalue weighted by Gasteiger charge is 2.35. The van der Waals surface area contributed by atoms with E-state index in [1.165, 1.54) is 29.2 Å². The molecule has 1 atom stereocenters. The van der Waals surface area contributed by atoms with E-state index in [1.807, 2.05) is 30.3 Å². The highest BCUT2D eigenvalue weighted by atomic mass is 35.5. The third kappa shape index (κ3) is 8.06. The predicted octanol–water partition coefficient (Wildman–Crippen LogP) is 7.27. The number of carbonyl (C=O) groups is 2. The SMILES string of the molecule is CCNC(=O)C(Cc1ccccc1)N(Cc1ccc(Cl)c(Cl)c1)C(=O)CN(c1cccc(Cl)c1Cl)S(=O)(=O)c1ccccc1. The quantitative estimate of drug-likeness (QED) is 0.169. The van der Waals surface area contributed by atoms with Gasteiger partial charge in [-0.1, -0.05) is 107 Å². The first-order chi connectivity index (χ1) is 21.0. The molecular weight excluding hydrogens is 664 g/mol. The summed E-state index contributed by atoms with van der Waals surface area (Å²) in [5.74, 6) is -1.05. The van der Waals surface area contributed by atoms with Crippen LogP contribution in [0.25, 0.3) is 0 Å².